The minimum atomic E-state index is -0.198. The van der Waals surface area contributed by atoms with Crippen molar-refractivity contribution in [3.05, 3.63) is 95.8 Å². The zero-order valence-corrected chi connectivity index (χ0v) is 18.6. The summed E-state index contributed by atoms with van der Waals surface area (Å²) in [6.45, 7) is 5.43. The first-order chi connectivity index (χ1) is 15.6. The first-order valence-corrected chi connectivity index (χ1v) is 11.1. The van der Waals surface area contributed by atoms with Crippen molar-refractivity contribution < 1.29 is 9.53 Å². The maximum Gasteiger partial charge on any atom is 0.224 e. The number of nitrogens with zero attached hydrogens (tertiary/aromatic N) is 2. The summed E-state index contributed by atoms with van der Waals surface area (Å²) in [5.41, 5.74) is 4.22. The Bertz CT molecular complexity index is 1170. The molecule has 0 aliphatic carbocycles. The van der Waals surface area contributed by atoms with Crippen LogP contribution in [0.15, 0.2) is 78.9 Å². The van der Waals surface area contributed by atoms with Gasteiger partial charge in [-0.2, -0.15) is 0 Å². The van der Waals surface area contributed by atoms with Gasteiger partial charge < -0.3 is 14.6 Å². The Morgan fingerprint density at radius 2 is 1.72 bits per heavy atom. The van der Waals surface area contributed by atoms with Crippen LogP contribution in [0.2, 0.25) is 0 Å². The normalized spacial score (nSPS) is 11.9. The fraction of sp³-hybridized carbons (Fsp3) is 0.259. The van der Waals surface area contributed by atoms with Gasteiger partial charge in [-0.15, -0.1) is 0 Å². The second kappa shape index (κ2) is 10.1. The van der Waals surface area contributed by atoms with E-state index in [0.717, 1.165) is 41.1 Å². The lowest BCUT2D eigenvalue weighted by Gasteiger charge is -2.17. The third kappa shape index (κ3) is 5.35. The minimum absolute atomic E-state index is 0.00925. The smallest absolute Gasteiger partial charge is 0.224 e. The van der Waals surface area contributed by atoms with E-state index in [9.17, 15) is 4.79 Å². The van der Waals surface area contributed by atoms with E-state index in [2.05, 4.69) is 35.0 Å². The Morgan fingerprint density at radius 3 is 2.50 bits per heavy atom. The number of amides is 1. The van der Waals surface area contributed by atoms with Crippen LogP contribution >= 0.6 is 0 Å². The highest BCUT2D eigenvalue weighted by Gasteiger charge is 2.18. The maximum absolute atomic E-state index is 12.6. The number of imidazole rings is 1. The van der Waals surface area contributed by atoms with Crippen molar-refractivity contribution in [3.8, 4) is 5.75 Å². The molecule has 0 radical (unpaired) electrons. The number of aryl methyl sites for hydroxylation is 2. The average Bonchev–Trinajstić information content (AvgIpc) is 3.17. The summed E-state index contributed by atoms with van der Waals surface area (Å²) in [4.78, 5) is 17.4. The predicted octanol–water partition coefficient (Wildman–Crippen LogP) is 5.23. The highest BCUT2D eigenvalue weighted by atomic mass is 16.5. The van der Waals surface area contributed by atoms with Crippen LogP contribution in [0, 0.1) is 6.92 Å². The monoisotopic (exact) mass is 427 g/mol. The summed E-state index contributed by atoms with van der Waals surface area (Å²) in [6, 6.07) is 25.8. The van der Waals surface area contributed by atoms with Gasteiger partial charge in [-0.25, -0.2) is 4.98 Å². The standard InChI is InChI=1S/C27H29N3O2/c1-20-13-15-23(16-14-20)32-18-8-17-30-25-12-7-6-11-24(25)29-27(30)21(2)28-26(31)19-22-9-4-3-5-10-22/h3-7,9-16,21H,8,17-19H2,1-2H3,(H,28,31). The SMILES string of the molecule is Cc1ccc(OCCCn2c(C(C)NC(=O)Cc3ccccc3)nc3ccccc32)cc1. The van der Waals surface area contributed by atoms with Crippen LogP contribution in [-0.4, -0.2) is 22.1 Å². The number of hydrogen-bond acceptors (Lipinski definition) is 3. The molecule has 4 rings (SSSR count). The Labute approximate surface area is 189 Å². The molecular formula is C27H29N3O2. The van der Waals surface area contributed by atoms with Gasteiger partial charge in [0.05, 0.1) is 30.1 Å². The molecule has 1 aromatic heterocycles. The molecule has 5 heteroatoms. The zero-order valence-electron chi connectivity index (χ0n) is 18.6. The molecule has 0 fully saturated rings. The summed E-state index contributed by atoms with van der Waals surface area (Å²) in [6.07, 6.45) is 1.20. The van der Waals surface area contributed by atoms with Gasteiger partial charge in [0.2, 0.25) is 5.91 Å². The number of hydrogen-bond donors (Lipinski definition) is 1. The third-order valence-corrected chi connectivity index (χ3v) is 5.47. The molecule has 164 valence electrons. The lowest BCUT2D eigenvalue weighted by Crippen LogP contribution is -2.30. The minimum Gasteiger partial charge on any atom is -0.494 e. The Hall–Kier alpha value is -3.60. The molecule has 1 N–H and O–H groups in total. The maximum atomic E-state index is 12.6. The van der Waals surface area contributed by atoms with Crippen molar-refractivity contribution in [2.75, 3.05) is 6.61 Å². The van der Waals surface area contributed by atoms with Crippen LogP contribution in [0.5, 0.6) is 5.75 Å². The second-order valence-corrected chi connectivity index (χ2v) is 8.08. The Kier molecular flexibility index (Phi) is 6.85. The molecular weight excluding hydrogens is 398 g/mol. The average molecular weight is 428 g/mol. The molecule has 3 aromatic carbocycles. The van der Waals surface area contributed by atoms with Crippen LogP contribution in [0.25, 0.3) is 11.0 Å². The number of para-hydroxylation sites is 2. The fourth-order valence-electron chi connectivity index (χ4n) is 3.85. The van der Waals surface area contributed by atoms with E-state index < -0.39 is 0 Å². The molecule has 4 aromatic rings. The van der Waals surface area contributed by atoms with E-state index in [-0.39, 0.29) is 11.9 Å². The predicted molar refractivity (Wildman–Crippen MR) is 128 cm³/mol. The fourth-order valence-corrected chi connectivity index (χ4v) is 3.85. The molecule has 0 bridgehead atoms. The number of rotatable bonds is 9. The summed E-state index contributed by atoms with van der Waals surface area (Å²) in [5, 5.41) is 3.11. The molecule has 0 spiro atoms. The molecule has 0 aliphatic rings. The van der Waals surface area contributed by atoms with E-state index in [1.807, 2.05) is 67.6 Å². The second-order valence-electron chi connectivity index (χ2n) is 8.08. The molecule has 1 atom stereocenters. The van der Waals surface area contributed by atoms with Crippen LogP contribution in [-0.2, 0) is 17.8 Å². The number of benzene rings is 3. The lowest BCUT2D eigenvalue weighted by molar-refractivity contribution is -0.121. The number of fused-ring (bicyclic) bond motifs is 1. The first kappa shape index (κ1) is 21.6. The number of carbonyl (C=O) groups excluding carboxylic acids is 1. The van der Waals surface area contributed by atoms with E-state index in [0.29, 0.717) is 13.0 Å². The lowest BCUT2D eigenvalue weighted by atomic mass is 10.1. The van der Waals surface area contributed by atoms with Gasteiger partial charge in [0.15, 0.2) is 0 Å². The van der Waals surface area contributed by atoms with Crippen molar-refractivity contribution in [1.82, 2.24) is 14.9 Å². The van der Waals surface area contributed by atoms with Crippen molar-refractivity contribution >= 4 is 16.9 Å². The molecule has 5 nitrogen and oxygen atoms in total. The van der Waals surface area contributed by atoms with Gasteiger partial charge in [0, 0.05) is 6.54 Å². The van der Waals surface area contributed by atoms with Gasteiger partial charge in [0.1, 0.15) is 11.6 Å². The van der Waals surface area contributed by atoms with Gasteiger partial charge in [0.25, 0.3) is 0 Å². The summed E-state index contributed by atoms with van der Waals surface area (Å²) in [5.74, 6) is 1.74. The third-order valence-electron chi connectivity index (χ3n) is 5.47. The van der Waals surface area contributed by atoms with Crippen LogP contribution < -0.4 is 10.1 Å². The summed E-state index contributed by atoms with van der Waals surface area (Å²) in [7, 11) is 0. The number of ether oxygens (including phenoxy) is 1. The highest BCUT2D eigenvalue weighted by Crippen LogP contribution is 2.22. The van der Waals surface area contributed by atoms with Crippen LogP contribution in [0.3, 0.4) is 0 Å². The van der Waals surface area contributed by atoms with Crippen LogP contribution in [0.4, 0.5) is 0 Å². The number of carbonyl (C=O) groups is 1. The molecule has 0 saturated carbocycles. The number of nitrogens with one attached hydrogen (secondary N) is 1. The topological polar surface area (TPSA) is 56.1 Å². The van der Waals surface area contributed by atoms with Crippen molar-refractivity contribution in [1.29, 1.82) is 0 Å². The number of aromatic nitrogens is 2. The van der Waals surface area contributed by atoms with E-state index in [4.69, 9.17) is 9.72 Å². The van der Waals surface area contributed by atoms with Crippen molar-refractivity contribution in [3.63, 3.8) is 0 Å². The summed E-state index contributed by atoms with van der Waals surface area (Å²) < 4.78 is 8.09. The Balaban J connectivity index is 1.43. The van der Waals surface area contributed by atoms with Gasteiger partial charge in [-0.1, -0.05) is 60.2 Å². The van der Waals surface area contributed by atoms with Crippen LogP contribution in [0.1, 0.15) is 36.3 Å². The highest BCUT2D eigenvalue weighted by molar-refractivity contribution is 5.79. The molecule has 1 amide bonds. The van der Waals surface area contributed by atoms with Gasteiger partial charge in [-0.3, -0.25) is 4.79 Å². The van der Waals surface area contributed by atoms with Crippen molar-refractivity contribution in [2.24, 2.45) is 0 Å². The molecule has 0 aliphatic heterocycles. The van der Waals surface area contributed by atoms with Gasteiger partial charge in [-0.05, 0) is 50.1 Å². The molecule has 1 unspecified atom stereocenters. The largest absolute Gasteiger partial charge is 0.494 e. The molecule has 32 heavy (non-hydrogen) atoms. The molecule has 0 saturated heterocycles. The van der Waals surface area contributed by atoms with Gasteiger partial charge >= 0.3 is 0 Å². The first-order valence-electron chi connectivity index (χ1n) is 11.1. The quantitative estimate of drug-likeness (QED) is 0.372. The zero-order chi connectivity index (χ0) is 22.3. The summed E-state index contributed by atoms with van der Waals surface area (Å²) >= 11 is 0. The van der Waals surface area contributed by atoms with E-state index in [1.54, 1.807) is 0 Å². The van der Waals surface area contributed by atoms with Crippen molar-refractivity contribution in [2.45, 2.75) is 39.3 Å². The van der Waals surface area contributed by atoms with E-state index >= 15 is 0 Å². The van der Waals surface area contributed by atoms with E-state index in [1.165, 1.54) is 5.56 Å². The molecule has 1 heterocycles. The Morgan fingerprint density at radius 1 is 1.00 bits per heavy atom.